The Morgan fingerprint density at radius 1 is 1.00 bits per heavy atom. The Bertz CT molecular complexity index is 816. The van der Waals surface area contributed by atoms with Gasteiger partial charge in [0, 0.05) is 29.3 Å². The molecule has 0 aliphatic carbocycles. The Hall–Kier alpha value is -2.27. The number of rotatable bonds is 10. The molecule has 0 saturated heterocycles. The van der Waals surface area contributed by atoms with E-state index in [1.54, 1.807) is 23.9 Å². The van der Waals surface area contributed by atoms with Gasteiger partial charge in [0.1, 0.15) is 0 Å². The fourth-order valence-corrected chi connectivity index (χ4v) is 3.19. The first-order chi connectivity index (χ1) is 14.1. The lowest BCUT2D eigenvalue weighted by Gasteiger charge is -2.11. The van der Waals surface area contributed by atoms with Crippen molar-refractivity contribution in [1.82, 2.24) is 16.0 Å². The molecule has 0 aromatic heterocycles. The first-order valence-electron chi connectivity index (χ1n) is 9.44. The van der Waals surface area contributed by atoms with Gasteiger partial charge < -0.3 is 21.7 Å². The second kappa shape index (κ2) is 14.7. The van der Waals surface area contributed by atoms with Crippen molar-refractivity contribution in [2.45, 2.75) is 18.4 Å². The fourth-order valence-electron chi connectivity index (χ4n) is 2.40. The van der Waals surface area contributed by atoms with E-state index in [4.69, 9.17) is 5.73 Å². The van der Waals surface area contributed by atoms with Crippen molar-refractivity contribution >= 4 is 53.5 Å². The Kier molecular flexibility index (Phi) is 12.6. The van der Waals surface area contributed by atoms with Gasteiger partial charge in [-0.2, -0.15) is 0 Å². The van der Waals surface area contributed by atoms with Gasteiger partial charge in [-0.15, -0.1) is 35.7 Å². The molecule has 2 rings (SSSR count). The third-order valence-electron chi connectivity index (χ3n) is 3.81. The van der Waals surface area contributed by atoms with Crippen molar-refractivity contribution in [2.24, 2.45) is 10.7 Å². The molecule has 30 heavy (non-hydrogen) atoms. The fraction of sp³-hybridized carbons (Fsp3) is 0.286. The van der Waals surface area contributed by atoms with Crippen LogP contribution in [0.4, 0.5) is 0 Å². The number of hydrogen-bond donors (Lipinski definition) is 4. The number of carbonyl (C=O) groups excluding carboxylic acids is 2. The van der Waals surface area contributed by atoms with Crippen molar-refractivity contribution < 1.29 is 9.59 Å². The first kappa shape index (κ1) is 25.8. The molecule has 0 atom stereocenters. The van der Waals surface area contributed by atoms with E-state index in [1.807, 2.05) is 37.3 Å². The molecule has 0 spiro atoms. The van der Waals surface area contributed by atoms with Crippen molar-refractivity contribution in [3.63, 3.8) is 0 Å². The number of aliphatic imine (C=N–C) groups is 1. The molecule has 2 aromatic rings. The summed E-state index contributed by atoms with van der Waals surface area (Å²) in [6.07, 6.45) is 0. The topological polar surface area (TPSA) is 109 Å². The van der Waals surface area contributed by atoms with Crippen LogP contribution in [-0.2, 0) is 11.3 Å². The lowest BCUT2D eigenvalue weighted by molar-refractivity contribution is -0.117. The molecule has 0 fully saturated rings. The summed E-state index contributed by atoms with van der Waals surface area (Å²) in [6, 6.07) is 17.4. The molecule has 0 radical (unpaired) electrons. The van der Waals surface area contributed by atoms with Gasteiger partial charge in [0.05, 0.1) is 13.1 Å². The molecule has 162 valence electrons. The summed E-state index contributed by atoms with van der Waals surface area (Å²) in [7, 11) is 0. The van der Waals surface area contributed by atoms with E-state index >= 15 is 0 Å². The largest absolute Gasteiger partial charge is 0.368 e. The minimum Gasteiger partial charge on any atom is -0.368 e. The molecular weight excluding hydrogens is 513 g/mol. The minimum atomic E-state index is -0.574. The second-order valence-corrected chi connectivity index (χ2v) is 7.30. The SMILES string of the molecule is CCNC(=NCc1ccc(C(=O)NCC(N)=O)cc1)NCCSc1ccccc1.I. The molecule has 9 heteroatoms. The zero-order valence-corrected chi connectivity index (χ0v) is 20.0. The highest BCUT2D eigenvalue weighted by Crippen LogP contribution is 2.15. The Morgan fingerprint density at radius 2 is 1.70 bits per heavy atom. The summed E-state index contributed by atoms with van der Waals surface area (Å²) in [4.78, 5) is 28.5. The first-order valence-corrected chi connectivity index (χ1v) is 10.4. The van der Waals surface area contributed by atoms with Crippen LogP contribution in [0.3, 0.4) is 0 Å². The number of hydrogen-bond acceptors (Lipinski definition) is 4. The molecule has 2 aromatic carbocycles. The predicted molar refractivity (Wildman–Crippen MR) is 133 cm³/mol. The molecular formula is C21H28IN5O2S. The number of guanidine groups is 1. The zero-order chi connectivity index (χ0) is 20.9. The Balaban J connectivity index is 0.00000450. The molecule has 0 heterocycles. The van der Waals surface area contributed by atoms with Gasteiger partial charge >= 0.3 is 0 Å². The Morgan fingerprint density at radius 3 is 2.33 bits per heavy atom. The van der Waals surface area contributed by atoms with Gasteiger partial charge in [0.15, 0.2) is 5.96 Å². The van der Waals surface area contributed by atoms with Crippen molar-refractivity contribution in [3.8, 4) is 0 Å². The average Bonchev–Trinajstić information content (AvgIpc) is 2.74. The van der Waals surface area contributed by atoms with Crippen LogP contribution in [0.25, 0.3) is 0 Å². The summed E-state index contributed by atoms with van der Waals surface area (Å²) in [6.45, 7) is 3.91. The minimum absolute atomic E-state index is 0. The van der Waals surface area contributed by atoms with Gasteiger partial charge in [-0.05, 0) is 36.8 Å². The normalized spacial score (nSPS) is 10.6. The zero-order valence-electron chi connectivity index (χ0n) is 16.9. The molecule has 2 amide bonds. The summed E-state index contributed by atoms with van der Waals surface area (Å²) >= 11 is 1.79. The lowest BCUT2D eigenvalue weighted by atomic mass is 10.1. The summed E-state index contributed by atoms with van der Waals surface area (Å²) in [5.41, 5.74) is 6.48. The van der Waals surface area contributed by atoms with Gasteiger partial charge in [0.2, 0.25) is 5.91 Å². The van der Waals surface area contributed by atoms with Crippen LogP contribution < -0.4 is 21.7 Å². The highest BCUT2D eigenvalue weighted by atomic mass is 127. The van der Waals surface area contributed by atoms with Crippen LogP contribution in [0, 0.1) is 0 Å². The molecule has 0 aliphatic heterocycles. The number of nitrogens with one attached hydrogen (secondary N) is 3. The van der Waals surface area contributed by atoms with Crippen molar-refractivity contribution in [3.05, 3.63) is 65.7 Å². The van der Waals surface area contributed by atoms with E-state index in [2.05, 4.69) is 33.1 Å². The smallest absolute Gasteiger partial charge is 0.251 e. The second-order valence-electron chi connectivity index (χ2n) is 6.13. The van der Waals surface area contributed by atoms with Crippen molar-refractivity contribution in [2.75, 3.05) is 25.4 Å². The van der Waals surface area contributed by atoms with Crippen molar-refractivity contribution in [1.29, 1.82) is 0 Å². The third kappa shape index (κ3) is 9.97. The van der Waals surface area contributed by atoms with Crippen LogP contribution in [0.2, 0.25) is 0 Å². The van der Waals surface area contributed by atoms with E-state index < -0.39 is 5.91 Å². The van der Waals surface area contributed by atoms with Gasteiger partial charge in [-0.25, -0.2) is 4.99 Å². The number of carbonyl (C=O) groups is 2. The summed E-state index contributed by atoms with van der Waals surface area (Å²) in [5, 5.41) is 9.02. The van der Waals surface area contributed by atoms with Gasteiger partial charge in [-0.3, -0.25) is 9.59 Å². The maximum Gasteiger partial charge on any atom is 0.251 e. The monoisotopic (exact) mass is 541 g/mol. The number of thioether (sulfide) groups is 1. The molecule has 0 saturated carbocycles. The number of halogens is 1. The highest BCUT2D eigenvalue weighted by Gasteiger charge is 2.06. The standard InChI is InChI=1S/C21H27N5O2S.HI/c1-2-23-21(24-12-13-29-18-6-4-3-5-7-18)26-14-16-8-10-17(11-9-16)20(28)25-15-19(22)27;/h3-11H,2,12-15H2,1H3,(H2,22,27)(H,25,28)(H2,23,24,26);1H. The molecule has 5 N–H and O–H groups in total. The van der Waals surface area contributed by atoms with E-state index in [-0.39, 0.29) is 36.4 Å². The highest BCUT2D eigenvalue weighted by molar-refractivity contribution is 14.0. The van der Waals surface area contributed by atoms with Gasteiger partial charge in [-0.1, -0.05) is 30.3 Å². The number of nitrogens with zero attached hydrogens (tertiary/aromatic N) is 1. The Labute approximate surface area is 198 Å². The molecule has 7 nitrogen and oxygen atoms in total. The summed E-state index contributed by atoms with van der Waals surface area (Å²) < 4.78 is 0. The number of primary amides is 1. The van der Waals surface area contributed by atoms with Crippen LogP contribution in [0.1, 0.15) is 22.8 Å². The number of benzene rings is 2. The van der Waals surface area contributed by atoms with Crippen LogP contribution >= 0.6 is 35.7 Å². The van der Waals surface area contributed by atoms with E-state index in [1.165, 1.54) is 4.90 Å². The maximum atomic E-state index is 11.9. The van der Waals surface area contributed by atoms with Crippen LogP contribution in [0.15, 0.2) is 64.5 Å². The quantitative estimate of drug-likeness (QED) is 0.122. The van der Waals surface area contributed by atoms with Gasteiger partial charge in [0.25, 0.3) is 5.91 Å². The van der Waals surface area contributed by atoms with E-state index in [9.17, 15) is 9.59 Å². The van der Waals surface area contributed by atoms with Crippen LogP contribution in [-0.4, -0.2) is 43.2 Å². The maximum absolute atomic E-state index is 11.9. The number of amides is 2. The molecule has 0 unspecified atom stereocenters. The molecule has 0 bridgehead atoms. The molecule has 0 aliphatic rings. The summed E-state index contributed by atoms with van der Waals surface area (Å²) in [5.74, 6) is 0.785. The third-order valence-corrected chi connectivity index (χ3v) is 4.82. The van der Waals surface area contributed by atoms with E-state index in [0.29, 0.717) is 12.1 Å². The predicted octanol–water partition coefficient (Wildman–Crippen LogP) is 2.37. The lowest BCUT2D eigenvalue weighted by Crippen LogP contribution is -2.38. The van der Waals surface area contributed by atoms with E-state index in [0.717, 1.165) is 30.4 Å². The number of nitrogens with two attached hydrogens (primary N) is 1. The average molecular weight is 541 g/mol. The van der Waals surface area contributed by atoms with Crippen LogP contribution in [0.5, 0.6) is 0 Å².